The van der Waals surface area contributed by atoms with Crippen molar-refractivity contribution < 1.29 is 4.74 Å². The third-order valence-electron chi connectivity index (χ3n) is 6.72. The van der Waals surface area contributed by atoms with Crippen molar-refractivity contribution >= 4 is 0 Å². The predicted octanol–water partition coefficient (Wildman–Crippen LogP) is 3.50. The summed E-state index contributed by atoms with van der Waals surface area (Å²) >= 11 is 0. The van der Waals surface area contributed by atoms with Crippen molar-refractivity contribution in [3.63, 3.8) is 0 Å². The van der Waals surface area contributed by atoms with Crippen LogP contribution in [0, 0.1) is 16.7 Å². The van der Waals surface area contributed by atoms with Crippen LogP contribution in [0.15, 0.2) is 0 Å². The van der Waals surface area contributed by atoms with Crippen LogP contribution in [-0.2, 0) is 4.74 Å². The second-order valence-electron chi connectivity index (χ2n) is 7.69. The van der Waals surface area contributed by atoms with Crippen LogP contribution in [-0.4, -0.2) is 25.3 Å². The van der Waals surface area contributed by atoms with E-state index < -0.39 is 0 Å². The average molecular weight is 263 g/mol. The van der Waals surface area contributed by atoms with Crippen molar-refractivity contribution in [2.75, 3.05) is 13.2 Å². The Bertz CT molecular complexity index is 339. The maximum atomic E-state index is 6.01. The summed E-state index contributed by atoms with van der Waals surface area (Å²) < 4.78 is 6.01. The maximum Gasteiger partial charge on any atom is 0.0661 e. The van der Waals surface area contributed by atoms with Gasteiger partial charge in [-0.05, 0) is 63.2 Å². The van der Waals surface area contributed by atoms with Crippen LogP contribution in [0.5, 0.6) is 0 Å². The fraction of sp³-hybridized carbons (Fsp3) is 1.00. The van der Waals surface area contributed by atoms with Crippen molar-refractivity contribution in [1.82, 2.24) is 5.32 Å². The van der Waals surface area contributed by atoms with Gasteiger partial charge in [0.05, 0.1) is 6.10 Å². The van der Waals surface area contributed by atoms with E-state index >= 15 is 0 Å². The van der Waals surface area contributed by atoms with E-state index in [1.807, 2.05) is 0 Å². The Morgan fingerprint density at radius 1 is 1.11 bits per heavy atom. The molecule has 19 heavy (non-hydrogen) atoms. The average Bonchev–Trinajstić information content (AvgIpc) is 3.32. The van der Waals surface area contributed by atoms with Gasteiger partial charge >= 0.3 is 0 Å². The van der Waals surface area contributed by atoms with Gasteiger partial charge in [0.1, 0.15) is 0 Å². The van der Waals surface area contributed by atoms with Gasteiger partial charge in [0.2, 0.25) is 0 Å². The quantitative estimate of drug-likeness (QED) is 0.792. The fourth-order valence-electron chi connectivity index (χ4n) is 5.08. The third-order valence-corrected chi connectivity index (χ3v) is 6.72. The Balaban J connectivity index is 1.36. The molecule has 0 bridgehead atoms. The number of nitrogens with one attached hydrogen (secondary N) is 1. The monoisotopic (exact) mass is 263 g/mol. The molecule has 0 amide bonds. The number of ether oxygens (including phenoxy) is 1. The predicted molar refractivity (Wildman–Crippen MR) is 77.1 cm³/mol. The molecule has 0 aromatic rings. The van der Waals surface area contributed by atoms with Crippen molar-refractivity contribution in [1.29, 1.82) is 0 Å². The molecular weight excluding hydrogens is 234 g/mol. The summed E-state index contributed by atoms with van der Waals surface area (Å²) in [6, 6.07) is 0.766. The normalized spacial score (nSPS) is 38.4. The summed E-state index contributed by atoms with van der Waals surface area (Å²) in [6.45, 7) is 4.35. The van der Waals surface area contributed by atoms with Crippen LogP contribution < -0.4 is 5.32 Å². The van der Waals surface area contributed by atoms with E-state index in [0.717, 1.165) is 24.0 Å². The minimum Gasteiger partial charge on any atom is -0.378 e. The topological polar surface area (TPSA) is 21.3 Å². The van der Waals surface area contributed by atoms with Gasteiger partial charge in [-0.25, -0.2) is 0 Å². The molecule has 4 rings (SSSR count). The Morgan fingerprint density at radius 2 is 1.84 bits per heavy atom. The van der Waals surface area contributed by atoms with Crippen LogP contribution in [0.2, 0.25) is 0 Å². The first-order chi connectivity index (χ1) is 9.29. The molecule has 2 atom stereocenters. The van der Waals surface area contributed by atoms with Gasteiger partial charge in [-0.1, -0.05) is 12.8 Å². The molecule has 1 N–H and O–H groups in total. The van der Waals surface area contributed by atoms with E-state index in [2.05, 4.69) is 12.2 Å². The molecule has 0 saturated heterocycles. The van der Waals surface area contributed by atoms with Gasteiger partial charge in [0.15, 0.2) is 0 Å². The Labute approximate surface area is 117 Å². The second kappa shape index (κ2) is 4.46. The largest absolute Gasteiger partial charge is 0.378 e. The van der Waals surface area contributed by atoms with Gasteiger partial charge < -0.3 is 10.1 Å². The Hall–Kier alpha value is -0.0800. The van der Waals surface area contributed by atoms with Gasteiger partial charge in [-0.2, -0.15) is 0 Å². The minimum absolute atomic E-state index is 0.523. The second-order valence-corrected chi connectivity index (χ2v) is 7.69. The highest BCUT2D eigenvalue weighted by molar-refractivity contribution is 5.12. The van der Waals surface area contributed by atoms with Crippen molar-refractivity contribution in [2.45, 2.75) is 76.9 Å². The van der Waals surface area contributed by atoms with Crippen LogP contribution >= 0.6 is 0 Å². The molecule has 0 aromatic heterocycles. The van der Waals surface area contributed by atoms with E-state index in [0.29, 0.717) is 11.5 Å². The Kier molecular flexibility index (Phi) is 2.97. The van der Waals surface area contributed by atoms with E-state index in [4.69, 9.17) is 4.74 Å². The molecule has 0 heterocycles. The first kappa shape index (κ1) is 12.6. The van der Waals surface area contributed by atoms with E-state index in [-0.39, 0.29) is 0 Å². The summed E-state index contributed by atoms with van der Waals surface area (Å²) in [5.41, 5.74) is 1.27. The van der Waals surface area contributed by atoms with Crippen molar-refractivity contribution in [3.05, 3.63) is 0 Å². The molecule has 0 aliphatic heterocycles. The highest BCUT2D eigenvalue weighted by atomic mass is 16.5. The molecule has 4 saturated carbocycles. The molecule has 108 valence electrons. The van der Waals surface area contributed by atoms with Gasteiger partial charge in [0, 0.05) is 24.6 Å². The lowest BCUT2D eigenvalue weighted by atomic mass is 9.60. The summed E-state index contributed by atoms with van der Waals surface area (Å²) in [4.78, 5) is 0. The lowest BCUT2D eigenvalue weighted by Gasteiger charge is -2.54. The maximum absolute atomic E-state index is 6.01. The molecule has 1 spiro atoms. The fourth-order valence-corrected chi connectivity index (χ4v) is 5.08. The summed E-state index contributed by atoms with van der Waals surface area (Å²) in [5, 5.41) is 3.98. The zero-order chi connectivity index (χ0) is 12.9. The number of rotatable bonds is 6. The van der Waals surface area contributed by atoms with Crippen molar-refractivity contribution in [2.24, 2.45) is 16.7 Å². The molecule has 4 fully saturated rings. The Morgan fingerprint density at radius 3 is 2.42 bits per heavy atom. The standard InChI is InChI=1S/C17H29NO/c1-2-19-15-11-14(17(15)7-3-4-8-17)18-12-16(9-10-16)13-5-6-13/h13-15,18H,2-12H2,1H3. The van der Waals surface area contributed by atoms with E-state index in [1.165, 1.54) is 64.3 Å². The molecule has 4 aliphatic carbocycles. The van der Waals surface area contributed by atoms with Crippen LogP contribution in [0.1, 0.15) is 64.7 Å². The molecular formula is C17H29NO. The lowest BCUT2D eigenvalue weighted by Crippen LogP contribution is -2.63. The summed E-state index contributed by atoms with van der Waals surface area (Å²) in [7, 11) is 0. The molecule has 2 heteroatoms. The molecule has 2 nitrogen and oxygen atoms in total. The molecule has 0 radical (unpaired) electrons. The molecule has 0 aromatic carbocycles. The highest BCUT2D eigenvalue weighted by Gasteiger charge is 2.58. The molecule has 4 aliphatic rings. The highest BCUT2D eigenvalue weighted by Crippen LogP contribution is 2.61. The zero-order valence-corrected chi connectivity index (χ0v) is 12.4. The SMILES string of the molecule is CCOC1CC(NCC2(C3CC3)CC2)C12CCCC2. The first-order valence-electron chi connectivity index (χ1n) is 8.64. The van der Waals surface area contributed by atoms with Gasteiger partial charge in [-0.15, -0.1) is 0 Å². The number of hydrogen-bond donors (Lipinski definition) is 1. The van der Waals surface area contributed by atoms with Gasteiger partial charge in [0.25, 0.3) is 0 Å². The number of hydrogen-bond acceptors (Lipinski definition) is 2. The summed E-state index contributed by atoms with van der Waals surface area (Å²) in [5.74, 6) is 1.09. The first-order valence-corrected chi connectivity index (χ1v) is 8.64. The summed E-state index contributed by atoms with van der Waals surface area (Å²) in [6.07, 6.45) is 13.5. The van der Waals surface area contributed by atoms with Crippen LogP contribution in [0.3, 0.4) is 0 Å². The van der Waals surface area contributed by atoms with Crippen LogP contribution in [0.4, 0.5) is 0 Å². The minimum atomic E-state index is 0.523. The smallest absolute Gasteiger partial charge is 0.0661 e. The molecule has 2 unspecified atom stereocenters. The van der Waals surface area contributed by atoms with E-state index in [9.17, 15) is 0 Å². The van der Waals surface area contributed by atoms with Crippen LogP contribution in [0.25, 0.3) is 0 Å². The zero-order valence-electron chi connectivity index (χ0n) is 12.4. The lowest BCUT2D eigenvalue weighted by molar-refractivity contribution is -0.131. The van der Waals surface area contributed by atoms with Crippen molar-refractivity contribution in [3.8, 4) is 0 Å². The van der Waals surface area contributed by atoms with Gasteiger partial charge in [-0.3, -0.25) is 0 Å². The third kappa shape index (κ3) is 1.98. The van der Waals surface area contributed by atoms with E-state index in [1.54, 1.807) is 0 Å².